The standard InChI is InChI=1S/C18H13BrN4OS/c19-14-8-6-12(7-9-14)11-25-17-21-16-15(13-4-2-1-3-5-13)10-20-23(16)18(24)22-17/h1-10H,11H2,(H,21,22,24). The predicted octanol–water partition coefficient (Wildman–Crippen LogP) is 4.14. The van der Waals surface area contributed by atoms with Crippen LogP contribution in [0.1, 0.15) is 5.56 Å². The zero-order chi connectivity index (χ0) is 17.2. The molecule has 0 aliphatic heterocycles. The van der Waals surface area contributed by atoms with Crippen molar-refractivity contribution in [2.45, 2.75) is 10.9 Å². The molecule has 124 valence electrons. The highest BCUT2D eigenvalue weighted by molar-refractivity contribution is 9.10. The van der Waals surface area contributed by atoms with Gasteiger partial charge in [0.05, 0.1) is 6.20 Å². The Morgan fingerprint density at radius 3 is 2.60 bits per heavy atom. The van der Waals surface area contributed by atoms with E-state index in [9.17, 15) is 4.79 Å². The molecule has 0 bridgehead atoms. The molecule has 5 nitrogen and oxygen atoms in total. The summed E-state index contributed by atoms with van der Waals surface area (Å²) >= 11 is 4.92. The van der Waals surface area contributed by atoms with E-state index in [1.165, 1.54) is 16.3 Å². The van der Waals surface area contributed by atoms with E-state index >= 15 is 0 Å². The minimum absolute atomic E-state index is 0.287. The highest BCUT2D eigenvalue weighted by atomic mass is 79.9. The van der Waals surface area contributed by atoms with Crippen LogP contribution in [0.4, 0.5) is 0 Å². The first-order valence-corrected chi connectivity index (χ1v) is 9.39. The number of rotatable bonds is 4. The second-order valence-electron chi connectivity index (χ2n) is 5.42. The first kappa shape index (κ1) is 16.1. The van der Waals surface area contributed by atoms with Crippen molar-refractivity contribution in [3.05, 3.63) is 81.3 Å². The smallest absolute Gasteiger partial charge is 0.285 e. The van der Waals surface area contributed by atoms with Crippen molar-refractivity contribution in [2.24, 2.45) is 0 Å². The second-order valence-corrected chi connectivity index (χ2v) is 7.30. The average molecular weight is 413 g/mol. The molecule has 25 heavy (non-hydrogen) atoms. The Bertz CT molecular complexity index is 1070. The van der Waals surface area contributed by atoms with Gasteiger partial charge in [0.2, 0.25) is 0 Å². The fraction of sp³-hybridized carbons (Fsp3) is 0.0556. The van der Waals surface area contributed by atoms with Crippen molar-refractivity contribution in [1.82, 2.24) is 19.6 Å². The van der Waals surface area contributed by atoms with E-state index in [-0.39, 0.29) is 5.69 Å². The molecule has 1 N–H and O–H groups in total. The molecule has 2 aromatic carbocycles. The zero-order valence-corrected chi connectivity index (χ0v) is 15.4. The van der Waals surface area contributed by atoms with Gasteiger partial charge in [-0.25, -0.2) is 9.78 Å². The fourth-order valence-corrected chi connectivity index (χ4v) is 3.56. The van der Waals surface area contributed by atoms with Gasteiger partial charge in [-0.15, -0.1) is 0 Å². The van der Waals surface area contributed by atoms with Crippen molar-refractivity contribution >= 4 is 33.3 Å². The van der Waals surface area contributed by atoms with Crippen LogP contribution in [0.15, 0.2) is 75.2 Å². The zero-order valence-electron chi connectivity index (χ0n) is 13.0. The Balaban J connectivity index is 1.68. The molecule has 2 aromatic heterocycles. The maximum absolute atomic E-state index is 12.3. The van der Waals surface area contributed by atoms with E-state index < -0.39 is 0 Å². The topological polar surface area (TPSA) is 63.0 Å². The fourth-order valence-electron chi connectivity index (χ4n) is 2.49. The van der Waals surface area contributed by atoms with Crippen molar-refractivity contribution in [3.8, 4) is 11.1 Å². The largest absolute Gasteiger partial charge is 0.350 e. The second kappa shape index (κ2) is 6.85. The number of benzene rings is 2. The van der Waals surface area contributed by atoms with Gasteiger partial charge in [-0.2, -0.15) is 9.61 Å². The highest BCUT2D eigenvalue weighted by Crippen LogP contribution is 2.24. The van der Waals surface area contributed by atoms with Crippen LogP contribution in [0.2, 0.25) is 0 Å². The highest BCUT2D eigenvalue weighted by Gasteiger charge is 2.12. The molecule has 0 radical (unpaired) electrons. The summed E-state index contributed by atoms with van der Waals surface area (Å²) in [5.41, 5.74) is 3.27. The SMILES string of the molecule is O=c1[nH]c(SCc2ccc(Br)cc2)nc2c(-c3ccccc3)cnn12. The molecule has 0 amide bonds. The molecule has 0 unspecified atom stereocenters. The van der Waals surface area contributed by atoms with Gasteiger partial charge >= 0.3 is 5.69 Å². The molecule has 0 saturated heterocycles. The average Bonchev–Trinajstić information content (AvgIpc) is 3.06. The van der Waals surface area contributed by atoms with Crippen LogP contribution in [0, 0.1) is 0 Å². The number of thioether (sulfide) groups is 1. The van der Waals surface area contributed by atoms with Gasteiger partial charge in [-0.1, -0.05) is 70.2 Å². The summed E-state index contributed by atoms with van der Waals surface area (Å²) in [7, 11) is 0. The lowest BCUT2D eigenvalue weighted by Crippen LogP contribution is -2.19. The number of nitrogens with zero attached hydrogens (tertiary/aromatic N) is 3. The van der Waals surface area contributed by atoms with Crippen molar-refractivity contribution < 1.29 is 0 Å². The van der Waals surface area contributed by atoms with E-state index in [0.717, 1.165) is 26.9 Å². The minimum atomic E-state index is -0.287. The summed E-state index contributed by atoms with van der Waals surface area (Å²) in [6.45, 7) is 0. The normalized spacial score (nSPS) is 11.1. The Hall–Kier alpha value is -2.38. The Kier molecular flexibility index (Phi) is 4.42. The van der Waals surface area contributed by atoms with E-state index in [0.29, 0.717) is 10.8 Å². The number of hydrogen-bond donors (Lipinski definition) is 1. The lowest BCUT2D eigenvalue weighted by Gasteiger charge is -2.03. The predicted molar refractivity (Wildman–Crippen MR) is 103 cm³/mol. The number of nitrogens with one attached hydrogen (secondary N) is 1. The van der Waals surface area contributed by atoms with Gasteiger partial charge < -0.3 is 0 Å². The molecule has 0 aliphatic carbocycles. The molecular weight excluding hydrogens is 400 g/mol. The summed E-state index contributed by atoms with van der Waals surface area (Å²) in [6, 6.07) is 17.9. The number of H-pyrrole nitrogens is 1. The molecule has 7 heteroatoms. The maximum Gasteiger partial charge on any atom is 0.350 e. The Morgan fingerprint density at radius 1 is 1.08 bits per heavy atom. The monoisotopic (exact) mass is 412 g/mol. The van der Waals surface area contributed by atoms with E-state index in [1.54, 1.807) is 6.20 Å². The number of aromatic amines is 1. The number of aromatic nitrogens is 4. The van der Waals surface area contributed by atoms with E-state index in [2.05, 4.69) is 31.0 Å². The van der Waals surface area contributed by atoms with Crippen LogP contribution in [0.5, 0.6) is 0 Å². The van der Waals surface area contributed by atoms with Crippen molar-refractivity contribution in [2.75, 3.05) is 0 Å². The van der Waals surface area contributed by atoms with Gasteiger partial charge in [-0.3, -0.25) is 4.98 Å². The quantitative estimate of drug-likeness (QED) is 0.511. The lowest BCUT2D eigenvalue weighted by atomic mass is 10.1. The van der Waals surface area contributed by atoms with Gasteiger partial charge in [0, 0.05) is 15.8 Å². The van der Waals surface area contributed by atoms with Crippen LogP contribution >= 0.6 is 27.7 Å². The molecular formula is C18H13BrN4OS. The summed E-state index contributed by atoms with van der Waals surface area (Å²) in [6.07, 6.45) is 1.68. The molecule has 0 aliphatic rings. The number of halogens is 1. The van der Waals surface area contributed by atoms with Crippen molar-refractivity contribution in [1.29, 1.82) is 0 Å². The lowest BCUT2D eigenvalue weighted by molar-refractivity contribution is 0.786. The molecule has 0 fully saturated rings. The third kappa shape index (κ3) is 3.38. The Labute approximate surface area is 156 Å². The third-order valence-corrected chi connectivity index (χ3v) is 5.20. The maximum atomic E-state index is 12.3. The van der Waals surface area contributed by atoms with Gasteiger partial charge in [0.15, 0.2) is 10.8 Å². The molecule has 0 spiro atoms. The molecule has 0 atom stereocenters. The molecule has 0 saturated carbocycles. The summed E-state index contributed by atoms with van der Waals surface area (Å²) in [5.74, 6) is 0.723. The molecule has 2 heterocycles. The van der Waals surface area contributed by atoms with Crippen LogP contribution < -0.4 is 5.69 Å². The van der Waals surface area contributed by atoms with Crippen LogP contribution in [0.25, 0.3) is 16.8 Å². The van der Waals surface area contributed by atoms with Gasteiger partial charge in [-0.05, 0) is 23.3 Å². The summed E-state index contributed by atoms with van der Waals surface area (Å²) < 4.78 is 2.34. The molecule has 4 rings (SSSR count). The first-order valence-electron chi connectivity index (χ1n) is 7.61. The number of hydrogen-bond acceptors (Lipinski definition) is 4. The minimum Gasteiger partial charge on any atom is -0.285 e. The Morgan fingerprint density at radius 2 is 1.84 bits per heavy atom. The molecule has 4 aromatic rings. The number of fused-ring (bicyclic) bond motifs is 1. The van der Waals surface area contributed by atoms with E-state index in [1.807, 2.05) is 54.6 Å². The first-order chi connectivity index (χ1) is 12.2. The summed E-state index contributed by atoms with van der Waals surface area (Å²) in [5, 5.41) is 4.74. The van der Waals surface area contributed by atoms with E-state index in [4.69, 9.17) is 0 Å². The summed E-state index contributed by atoms with van der Waals surface area (Å²) in [4.78, 5) is 19.7. The van der Waals surface area contributed by atoms with Gasteiger partial charge in [0.1, 0.15) is 0 Å². The van der Waals surface area contributed by atoms with Crippen molar-refractivity contribution in [3.63, 3.8) is 0 Å². The van der Waals surface area contributed by atoms with Crippen LogP contribution in [-0.2, 0) is 5.75 Å². The third-order valence-electron chi connectivity index (χ3n) is 3.73. The van der Waals surface area contributed by atoms with Crippen LogP contribution in [0.3, 0.4) is 0 Å². The van der Waals surface area contributed by atoms with Gasteiger partial charge in [0.25, 0.3) is 0 Å². The van der Waals surface area contributed by atoms with Crippen LogP contribution in [-0.4, -0.2) is 19.6 Å².